The van der Waals surface area contributed by atoms with E-state index in [0.29, 0.717) is 34.2 Å². The van der Waals surface area contributed by atoms with E-state index in [1.54, 1.807) is 18.2 Å². The van der Waals surface area contributed by atoms with Crippen LogP contribution in [0.2, 0.25) is 0 Å². The largest absolute Gasteiger partial charge is 0.208 e. The average molecular weight is 660 g/mol. The fourth-order valence-corrected chi connectivity index (χ4v) is 11.7. The van der Waals surface area contributed by atoms with Crippen molar-refractivity contribution < 1.29 is 0 Å². The van der Waals surface area contributed by atoms with Crippen LogP contribution in [0.3, 0.4) is 0 Å². The molecule has 0 spiro atoms. The Bertz CT molecular complexity index is 1810. The van der Waals surface area contributed by atoms with E-state index in [2.05, 4.69) is 88.4 Å². The Balaban J connectivity index is 1.18. The lowest BCUT2D eigenvalue weighted by Gasteiger charge is -2.50. The summed E-state index contributed by atoms with van der Waals surface area (Å²) in [4.78, 5) is 15.1. The van der Waals surface area contributed by atoms with Crippen molar-refractivity contribution in [2.24, 2.45) is 35.5 Å². The fourth-order valence-electron chi connectivity index (χ4n) is 11.7. The quantitative estimate of drug-likeness (QED) is 0.213. The molecule has 4 aliphatic carbocycles. The number of nitriles is 2. The highest BCUT2D eigenvalue weighted by Crippen LogP contribution is 2.55. The van der Waals surface area contributed by atoms with Crippen LogP contribution >= 0.6 is 0 Å². The Kier molecular flexibility index (Phi) is 8.38. The van der Waals surface area contributed by atoms with Crippen molar-refractivity contribution in [2.45, 2.75) is 103 Å². The molecule has 50 heavy (non-hydrogen) atoms. The smallest absolute Gasteiger partial charge is 0.164 e. The monoisotopic (exact) mass is 659 g/mol. The second-order valence-corrected chi connectivity index (χ2v) is 17.4. The van der Waals surface area contributed by atoms with Crippen LogP contribution in [0.25, 0.3) is 34.2 Å². The van der Waals surface area contributed by atoms with Crippen molar-refractivity contribution in [3.05, 3.63) is 89.0 Å². The molecule has 3 aromatic carbocycles. The predicted octanol–water partition coefficient (Wildman–Crippen LogP) is 10.8. The van der Waals surface area contributed by atoms with Gasteiger partial charge in [-0.25, -0.2) is 15.0 Å². The molecule has 4 aliphatic rings. The first-order valence-electron chi connectivity index (χ1n) is 19.1. The second-order valence-electron chi connectivity index (χ2n) is 17.4. The summed E-state index contributed by atoms with van der Waals surface area (Å²) in [6.45, 7) is 9.75. The van der Waals surface area contributed by atoms with Gasteiger partial charge in [0.1, 0.15) is 0 Å². The van der Waals surface area contributed by atoms with E-state index < -0.39 is 0 Å². The summed E-state index contributed by atoms with van der Waals surface area (Å²) >= 11 is 0. The third-order valence-corrected chi connectivity index (χ3v) is 12.9. The third-order valence-electron chi connectivity index (χ3n) is 12.9. The molecule has 0 saturated heterocycles. The van der Waals surface area contributed by atoms with E-state index in [0.717, 1.165) is 46.6 Å². The zero-order chi connectivity index (χ0) is 34.6. The Morgan fingerprint density at radius 1 is 0.480 bits per heavy atom. The summed E-state index contributed by atoms with van der Waals surface area (Å²) in [5.41, 5.74) is 6.79. The number of fused-ring (bicyclic) bond motifs is 4. The summed E-state index contributed by atoms with van der Waals surface area (Å²) in [5.74, 6) is 6.37. The topological polar surface area (TPSA) is 86.2 Å². The van der Waals surface area contributed by atoms with Gasteiger partial charge in [-0.1, -0.05) is 76.2 Å². The molecule has 1 heterocycles. The number of hydrogen-bond acceptors (Lipinski definition) is 5. The van der Waals surface area contributed by atoms with E-state index in [4.69, 9.17) is 15.0 Å². The lowest BCUT2D eigenvalue weighted by atomic mass is 9.54. The normalized spacial score (nSPS) is 31.7. The van der Waals surface area contributed by atoms with Crippen LogP contribution in [0, 0.1) is 58.2 Å². The first kappa shape index (κ1) is 32.8. The van der Waals surface area contributed by atoms with E-state index >= 15 is 0 Å². The van der Waals surface area contributed by atoms with Gasteiger partial charge < -0.3 is 0 Å². The molecule has 0 radical (unpaired) electrons. The van der Waals surface area contributed by atoms with E-state index in [9.17, 15) is 10.5 Å². The number of aromatic nitrogens is 3. The predicted molar refractivity (Wildman–Crippen MR) is 199 cm³/mol. The first-order chi connectivity index (χ1) is 24.1. The number of hydrogen-bond donors (Lipinski definition) is 0. The Morgan fingerprint density at radius 2 is 0.820 bits per heavy atom. The molecule has 0 aliphatic heterocycles. The highest BCUT2D eigenvalue weighted by atomic mass is 15.0. The zero-order valence-electron chi connectivity index (χ0n) is 30.1. The van der Waals surface area contributed by atoms with Crippen LogP contribution in [0.4, 0.5) is 0 Å². The third kappa shape index (κ3) is 6.15. The maximum Gasteiger partial charge on any atom is 0.164 e. The Morgan fingerprint density at radius 3 is 1.16 bits per heavy atom. The SMILES string of the molecule is CC1CC2C[C@H](C)CC(c3ccc(-c4nc(-c5ccc(C67CC(C[C@@H](C)C6)C[C@H](C)C7)cc5)nc(-c5cc(C#N)cc(C#N)c5)n4)cc3)(C1)C2. The summed E-state index contributed by atoms with van der Waals surface area (Å²) in [6.07, 6.45) is 13.1. The molecule has 8 atom stereocenters. The molecule has 0 N–H and O–H groups in total. The minimum Gasteiger partial charge on any atom is -0.208 e. The van der Waals surface area contributed by atoms with Crippen molar-refractivity contribution in [3.63, 3.8) is 0 Å². The van der Waals surface area contributed by atoms with Crippen LogP contribution in [0.15, 0.2) is 66.7 Å². The van der Waals surface area contributed by atoms with Crippen molar-refractivity contribution in [1.29, 1.82) is 10.5 Å². The lowest BCUT2D eigenvalue weighted by molar-refractivity contribution is 0.0779. The summed E-state index contributed by atoms with van der Waals surface area (Å²) < 4.78 is 0. The minimum absolute atomic E-state index is 0.257. The van der Waals surface area contributed by atoms with E-state index in [1.165, 1.54) is 75.3 Å². The number of nitrogens with zero attached hydrogens (tertiary/aromatic N) is 5. The first-order valence-corrected chi connectivity index (χ1v) is 19.1. The average Bonchev–Trinajstić information content (AvgIpc) is 3.10. The zero-order valence-corrected chi connectivity index (χ0v) is 30.1. The molecule has 4 saturated carbocycles. The maximum atomic E-state index is 9.74. The van der Waals surface area contributed by atoms with Crippen LogP contribution in [-0.4, -0.2) is 15.0 Å². The van der Waals surface area contributed by atoms with Gasteiger partial charge in [-0.05, 0) is 140 Å². The molecule has 4 aromatic rings. The van der Waals surface area contributed by atoms with Crippen molar-refractivity contribution in [2.75, 3.05) is 0 Å². The molecular weight excluding hydrogens is 611 g/mol. The van der Waals surface area contributed by atoms with Crippen molar-refractivity contribution in [1.82, 2.24) is 15.0 Å². The summed E-state index contributed by atoms with van der Waals surface area (Å²) in [6, 6.07) is 27.6. The molecule has 4 bridgehead atoms. The molecule has 5 heteroatoms. The van der Waals surface area contributed by atoms with Gasteiger partial charge in [0, 0.05) is 16.7 Å². The molecule has 5 unspecified atom stereocenters. The molecule has 254 valence electrons. The van der Waals surface area contributed by atoms with Gasteiger partial charge in [-0.2, -0.15) is 10.5 Å². The van der Waals surface area contributed by atoms with E-state index in [1.807, 2.05) is 0 Å². The lowest BCUT2D eigenvalue weighted by Crippen LogP contribution is -2.42. The standard InChI is InChI=1S/C45H49N5/c1-28-13-32-14-29(2)21-44(20-28,24-32)39-9-5-36(6-10-39)41-48-42(50-43(49-41)38-18-34(26-46)17-35(19-38)27-47)37-7-11-40(12-8-37)45-22-30(3)15-33(25-45)16-31(4)23-45/h5-12,17-19,28-33H,13-16,20-25H2,1-4H3/t28-,29+,30-,31?,32?,33?,44?,45?/m0/s1. The van der Waals surface area contributed by atoms with Gasteiger partial charge in [0.25, 0.3) is 0 Å². The molecule has 1 aromatic heterocycles. The Labute approximate surface area is 298 Å². The van der Waals surface area contributed by atoms with Crippen LogP contribution in [0.5, 0.6) is 0 Å². The van der Waals surface area contributed by atoms with Crippen molar-refractivity contribution >= 4 is 0 Å². The summed E-state index contributed by atoms with van der Waals surface area (Å²) in [7, 11) is 0. The molecule has 4 fully saturated rings. The fraction of sp³-hybridized carbons (Fsp3) is 0.489. The molecule has 8 rings (SSSR count). The second kappa shape index (κ2) is 12.8. The summed E-state index contributed by atoms with van der Waals surface area (Å²) in [5, 5.41) is 19.5. The molecule has 5 nitrogen and oxygen atoms in total. The van der Waals surface area contributed by atoms with Gasteiger partial charge in [0.2, 0.25) is 0 Å². The molecule has 0 amide bonds. The van der Waals surface area contributed by atoms with Crippen molar-refractivity contribution in [3.8, 4) is 46.3 Å². The minimum atomic E-state index is 0.257. The van der Waals surface area contributed by atoms with E-state index in [-0.39, 0.29) is 10.8 Å². The van der Waals surface area contributed by atoms with Gasteiger partial charge in [-0.15, -0.1) is 0 Å². The van der Waals surface area contributed by atoms with Gasteiger partial charge in [0.05, 0.1) is 23.3 Å². The van der Waals surface area contributed by atoms with Gasteiger partial charge >= 0.3 is 0 Å². The maximum absolute atomic E-state index is 9.74. The van der Waals surface area contributed by atoms with Crippen LogP contribution in [0.1, 0.15) is 114 Å². The van der Waals surface area contributed by atoms with Crippen LogP contribution < -0.4 is 0 Å². The molecular formula is C45H49N5. The van der Waals surface area contributed by atoms with Crippen LogP contribution in [-0.2, 0) is 10.8 Å². The Hall–Kier alpha value is -4.35. The van der Waals surface area contributed by atoms with Gasteiger partial charge in [-0.3, -0.25) is 0 Å². The number of benzene rings is 3. The van der Waals surface area contributed by atoms with Gasteiger partial charge in [0.15, 0.2) is 17.5 Å². The highest BCUT2D eigenvalue weighted by molar-refractivity contribution is 5.68. The number of rotatable bonds is 5. The highest BCUT2D eigenvalue weighted by Gasteiger charge is 2.46.